The normalized spacial score (nSPS) is 10.7. The SMILES string of the molecule is CC(=O)SCCC#Cc1ccc(C(F)(F)F)cc1[N+](=O)[O-]. The number of hydrogen-bond acceptors (Lipinski definition) is 4. The van der Waals surface area contributed by atoms with E-state index in [1.807, 2.05) is 0 Å². The second-order valence-electron chi connectivity index (χ2n) is 3.88. The van der Waals surface area contributed by atoms with Crippen LogP contribution in [-0.2, 0) is 11.0 Å². The molecule has 0 aliphatic heterocycles. The van der Waals surface area contributed by atoms with Gasteiger partial charge in [0.1, 0.15) is 5.56 Å². The Labute approximate surface area is 122 Å². The molecule has 0 spiro atoms. The van der Waals surface area contributed by atoms with Gasteiger partial charge in [-0.2, -0.15) is 13.2 Å². The summed E-state index contributed by atoms with van der Waals surface area (Å²) in [6, 6.07) is 2.20. The van der Waals surface area contributed by atoms with Gasteiger partial charge in [0, 0.05) is 25.2 Å². The van der Waals surface area contributed by atoms with Gasteiger partial charge in [-0.05, 0) is 12.1 Å². The van der Waals surface area contributed by atoms with E-state index in [4.69, 9.17) is 0 Å². The standard InChI is InChI=1S/C13H10F3NO3S/c1-9(18)21-7-3-2-4-10-5-6-11(13(14,15)16)8-12(10)17(19)20/h5-6,8H,3,7H2,1H3. The van der Waals surface area contributed by atoms with Crippen LogP contribution >= 0.6 is 11.8 Å². The minimum atomic E-state index is -4.64. The molecule has 0 N–H and O–H groups in total. The Kier molecular flexibility index (Phi) is 5.79. The quantitative estimate of drug-likeness (QED) is 0.370. The predicted molar refractivity (Wildman–Crippen MR) is 72.7 cm³/mol. The predicted octanol–water partition coefficient (Wildman–Crippen LogP) is 3.63. The summed E-state index contributed by atoms with van der Waals surface area (Å²) in [4.78, 5) is 20.6. The summed E-state index contributed by atoms with van der Waals surface area (Å²) in [6.07, 6.45) is -4.34. The lowest BCUT2D eigenvalue weighted by Crippen LogP contribution is -2.06. The van der Waals surface area contributed by atoms with Gasteiger partial charge >= 0.3 is 6.18 Å². The number of alkyl halides is 3. The van der Waals surface area contributed by atoms with Crippen molar-refractivity contribution in [3.8, 4) is 11.8 Å². The minimum absolute atomic E-state index is 0.0719. The Morgan fingerprint density at radius 3 is 2.62 bits per heavy atom. The molecule has 1 aromatic carbocycles. The van der Waals surface area contributed by atoms with E-state index in [2.05, 4.69) is 11.8 Å². The summed E-state index contributed by atoms with van der Waals surface area (Å²) in [5.41, 5.74) is -1.86. The van der Waals surface area contributed by atoms with Crippen LogP contribution in [0.5, 0.6) is 0 Å². The molecule has 0 radical (unpaired) electrons. The van der Waals surface area contributed by atoms with Crippen LogP contribution < -0.4 is 0 Å². The van der Waals surface area contributed by atoms with Crippen molar-refractivity contribution < 1.29 is 22.9 Å². The van der Waals surface area contributed by atoms with Crippen molar-refractivity contribution in [3.63, 3.8) is 0 Å². The first-order valence-corrected chi connectivity index (χ1v) is 6.68. The zero-order valence-electron chi connectivity index (χ0n) is 10.9. The third-order valence-electron chi connectivity index (χ3n) is 2.28. The first-order chi connectivity index (χ1) is 9.71. The monoisotopic (exact) mass is 317 g/mol. The molecular formula is C13H10F3NO3S. The molecule has 112 valence electrons. The highest BCUT2D eigenvalue weighted by atomic mass is 32.2. The molecule has 0 aliphatic rings. The van der Waals surface area contributed by atoms with Gasteiger partial charge in [0.15, 0.2) is 5.12 Å². The molecule has 0 aromatic heterocycles. The molecule has 0 atom stereocenters. The van der Waals surface area contributed by atoms with Gasteiger partial charge in [0.05, 0.1) is 10.5 Å². The van der Waals surface area contributed by atoms with Crippen LogP contribution in [0, 0.1) is 22.0 Å². The number of nitro benzene ring substituents is 1. The van der Waals surface area contributed by atoms with Crippen molar-refractivity contribution in [2.24, 2.45) is 0 Å². The van der Waals surface area contributed by atoms with Gasteiger partial charge in [0.2, 0.25) is 0 Å². The van der Waals surface area contributed by atoms with Crippen molar-refractivity contribution >= 4 is 22.6 Å². The number of hydrogen-bond donors (Lipinski definition) is 0. The lowest BCUT2D eigenvalue weighted by Gasteiger charge is -2.06. The summed E-state index contributed by atoms with van der Waals surface area (Å²) in [5.74, 6) is 5.49. The van der Waals surface area contributed by atoms with Gasteiger partial charge in [-0.1, -0.05) is 23.6 Å². The van der Waals surface area contributed by atoms with E-state index >= 15 is 0 Å². The van der Waals surface area contributed by atoms with E-state index < -0.39 is 22.4 Å². The van der Waals surface area contributed by atoms with E-state index in [-0.39, 0.29) is 10.7 Å². The van der Waals surface area contributed by atoms with Crippen LogP contribution in [0.15, 0.2) is 18.2 Å². The van der Waals surface area contributed by atoms with E-state index in [0.29, 0.717) is 18.2 Å². The maximum Gasteiger partial charge on any atom is 0.416 e. The largest absolute Gasteiger partial charge is 0.416 e. The highest BCUT2D eigenvalue weighted by Crippen LogP contribution is 2.32. The number of benzene rings is 1. The molecule has 0 amide bonds. The molecule has 1 rings (SSSR count). The maximum absolute atomic E-state index is 12.5. The van der Waals surface area contributed by atoms with E-state index in [9.17, 15) is 28.1 Å². The van der Waals surface area contributed by atoms with Crippen LogP contribution in [0.4, 0.5) is 18.9 Å². The van der Waals surface area contributed by atoms with Gasteiger partial charge in [0.25, 0.3) is 5.69 Å². The summed E-state index contributed by atoms with van der Waals surface area (Å²) >= 11 is 1.06. The molecule has 0 bridgehead atoms. The Morgan fingerprint density at radius 1 is 1.43 bits per heavy atom. The van der Waals surface area contributed by atoms with Crippen molar-refractivity contribution in [3.05, 3.63) is 39.4 Å². The summed E-state index contributed by atoms with van der Waals surface area (Å²) in [5, 5.41) is 10.7. The zero-order chi connectivity index (χ0) is 16.0. The summed E-state index contributed by atoms with van der Waals surface area (Å²) in [7, 11) is 0. The number of halogens is 3. The fourth-order valence-corrected chi connectivity index (χ4v) is 1.86. The zero-order valence-corrected chi connectivity index (χ0v) is 11.7. The first kappa shape index (κ1) is 17.0. The average Bonchev–Trinajstić information content (AvgIpc) is 2.36. The topological polar surface area (TPSA) is 60.2 Å². The van der Waals surface area contributed by atoms with Gasteiger partial charge in [-0.15, -0.1) is 0 Å². The van der Waals surface area contributed by atoms with Crippen LogP contribution in [0.1, 0.15) is 24.5 Å². The number of carbonyl (C=O) groups is 1. The average molecular weight is 317 g/mol. The Hall–Kier alpha value is -2.01. The molecule has 0 saturated carbocycles. The Morgan fingerprint density at radius 2 is 2.10 bits per heavy atom. The number of nitrogens with zero attached hydrogens (tertiary/aromatic N) is 1. The van der Waals surface area contributed by atoms with Crippen LogP contribution in [0.3, 0.4) is 0 Å². The highest BCUT2D eigenvalue weighted by Gasteiger charge is 2.32. The number of rotatable bonds is 3. The maximum atomic E-state index is 12.5. The molecule has 4 nitrogen and oxygen atoms in total. The smallest absolute Gasteiger partial charge is 0.288 e. The number of thioether (sulfide) groups is 1. The van der Waals surface area contributed by atoms with Crippen LogP contribution in [-0.4, -0.2) is 15.8 Å². The molecule has 8 heteroatoms. The van der Waals surface area contributed by atoms with Crippen LogP contribution in [0.2, 0.25) is 0 Å². The third kappa shape index (κ3) is 5.47. The molecule has 0 heterocycles. The first-order valence-electron chi connectivity index (χ1n) is 5.69. The van der Waals surface area contributed by atoms with E-state index in [1.54, 1.807) is 0 Å². The third-order valence-corrected chi connectivity index (χ3v) is 3.09. The molecule has 21 heavy (non-hydrogen) atoms. The molecular weight excluding hydrogens is 307 g/mol. The Balaban J connectivity index is 2.95. The fraction of sp³-hybridized carbons (Fsp3) is 0.308. The molecule has 0 unspecified atom stereocenters. The summed E-state index contributed by atoms with van der Waals surface area (Å²) < 4.78 is 37.5. The van der Waals surface area contributed by atoms with Crippen molar-refractivity contribution in [1.82, 2.24) is 0 Å². The van der Waals surface area contributed by atoms with Gasteiger partial charge in [-0.25, -0.2) is 0 Å². The lowest BCUT2D eigenvalue weighted by molar-refractivity contribution is -0.385. The van der Waals surface area contributed by atoms with Gasteiger partial charge in [-0.3, -0.25) is 14.9 Å². The van der Waals surface area contributed by atoms with E-state index in [0.717, 1.165) is 23.9 Å². The Bertz CT molecular complexity index is 617. The van der Waals surface area contributed by atoms with Crippen molar-refractivity contribution in [2.75, 3.05) is 5.75 Å². The summed E-state index contributed by atoms with van der Waals surface area (Å²) in [6.45, 7) is 1.40. The van der Waals surface area contributed by atoms with Crippen molar-refractivity contribution in [2.45, 2.75) is 19.5 Å². The second kappa shape index (κ2) is 7.13. The van der Waals surface area contributed by atoms with Gasteiger partial charge < -0.3 is 0 Å². The molecule has 0 aliphatic carbocycles. The van der Waals surface area contributed by atoms with Crippen LogP contribution in [0.25, 0.3) is 0 Å². The van der Waals surface area contributed by atoms with Crippen molar-refractivity contribution in [1.29, 1.82) is 0 Å². The number of nitro groups is 1. The highest BCUT2D eigenvalue weighted by molar-refractivity contribution is 8.13. The molecule has 0 saturated heterocycles. The second-order valence-corrected chi connectivity index (χ2v) is 5.15. The minimum Gasteiger partial charge on any atom is -0.288 e. The number of carbonyl (C=O) groups excluding carboxylic acids is 1. The molecule has 1 aromatic rings. The lowest BCUT2D eigenvalue weighted by atomic mass is 10.1. The fourth-order valence-electron chi connectivity index (χ4n) is 1.37. The van der Waals surface area contributed by atoms with E-state index in [1.165, 1.54) is 6.92 Å². The molecule has 0 fully saturated rings.